The van der Waals surface area contributed by atoms with Gasteiger partial charge in [0.1, 0.15) is 0 Å². The lowest BCUT2D eigenvalue weighted by atomic mass is 10.0. The van der Waals surface area contributed by atoms with Crippen molar-refractivity contribution in [1.29, 1.82) is 0 Å². The smallest absolute Gasteiger partial charge is 0.212 e. The zero-order valence-electron chi connectivity index (χ0n) is 9.45. The van der Waals surface area contributed by atoms with Crippen LogP contribution in [0.4, 0.5) is 0 Å². The van der Waals surface area contributed by atoms with Gasteiger partial charge in [-0.25, -0.2) is 12.7 Å². The Hall–Kier alpha value is 0.390. The first-order valence-corrected chi connectivity index (χ1v) is 7.95. The molecule has 3 nitrogen and oxygen atoms in total. The quantitative estimate of drug-likeness (QED) is 0.747. The lowest BCUT2D eigenvalue weighted by molar-refractivity contribution is 0.427. The predicted molar refractivity (Wildman–Crippen MR) is 66.8 cm³/mol. The van der Waals surface area contributed by atoms with Crippen molar-refractivity contribution in [3.63, 3.8) is 0 Å². The van der Waals surface area contributed by atoms with Crippen molar-refractivity contribution >= 4 is 26.0 Å². The molecule has 1 aliphatic rings. The highest BCUT2D eigenvalue weighted by Crippen LogP contribution is 2.25. The first-order valence-electron chi connectivity index (χ1n) is 5.54. The van der Waals surface area contributed by atoms with Gasteiger partial charge < -0.3 is 0 Å². The zero-order valence-corrected chi connectivity index (χ0v) is 11.8. The van der Waals surface area contributed by atoms with Crippen molar-refractivity contribution in [3.8, 4) is 0 Å². The summed E-state index contributed by atoms with van der Waals surface area (Å²) in [5, 5.41) is -0.137. The molecule has 0 aliphatic heterocycles. The zero-order chi connectivity index (χ0) is 11.5. The Morgan fingerprint density at radius 1 is 1.33 bits per heavy atom. The Morgan fingerprint density at radius 2 is 1.87 bits per heavy atom. The van der Waals surface area contributed by atoms with Crippen LogP contribution in [0.3, 0.4) is 0 Å². The SMILES string of the molecule is CC(Br)CN(C)S(=O)(=O)C1CCCCC1. The fourth-order valence-corrected chi connectivity index (χ4v) is 4.57. The summed E-state index contributed by atoms with van der Waals surface area (Å²) in [5.74, 6) is 0. The molecule has 0 aromatic carbocycles. The molecule has 1 unspecified atom stereocenters. The summed E-state index contributed by atoms with van der Waals surface area (Å²) < 4.78 is 25.8. The van der Waals surface area contributed by atoms with E-state index in [-0.39, 0.29) is 10.1 Å². The van der Waals surface area contributed by atoms with Crippen molar-refractivity contribution in [2.45, 2.75) is 49.1 Å². The molecule has 1 atom stereocenters. The van der Waals surface area contributed by atoms with Gasteiger partial charge in [-0.3, -0.25) is 0 Å². The minimum atomic E-state index is -3.05. The van der Waals surface area contributed by atoms with Gasteiger partial charge in [0.2, 0.25) is 10.0 Å². The molecule has 1 saturated carbocycles. The van der Waals surface area contributed by atoms with Crippen LogP contribution >= 0.6 is 15.9 Å². The van der Waals surface area contributed by atoms with E-state index >= 15 is 0 Å². The monoisotopic (exact) mass is 297 g/mol. The van der Waals surface area contributed by atoms with Gasteiger partial charge in [0.25, 0.3) is 0 Å². The molecule has 0 saturated heterocycles. The van der Waals surface area contributed by atoms with E-state index in [4.69, 9.17) is 0 Å². The maximum atomic E-state index is 12.1. The summed E-state index contributed by atoms with van der Waals surface area (Å²) in [5.41, 5.74) is 0. The summed E-state index contributed by atoms with van der Waals surface area (Å²) in [4.78, 5) is 0.209. The topological polar surface area (TPSA) is 37.4 Å². The van der Waals surface area contributed by atoms with Gasteiger partial charge in [0.15, 0.2) is 0 Å². The molecule has 0 spiro atoms. The Morgan fingerprint density at radius 3 is 2.33 bits per heavy atom. The second-order valence-corrected chi connectivity index (χ2v) is 8.25. The first-order chi connectivity index (χ1) is 6.94. The minimum absolute atomic E-state index is 0.137. The second-order valence-electron chi connectivity index (χ2n) is 4.37. The van der Waals surface area contributed by atoms with Crippen LogP contribution in [0.5, 0.6) is 0 Å². The maximum absolute atomic E-state index is 12.1. The molecular weight excluding hydrogens is 278 g/mol. The van der Waals surface area contributed by atoms with Crippen molar-refractivity contribution < 1.29 is 8.42 Å². The Kier molecular flexibility index (Phi) is 5.06. The molecular formula is C10H20BrNO2S. The largest absolute Gasteiger partial charge is 0.216 e. The molecule has 0 amide bonds. The highest BCUT2D eigenvalue weighted by molar-refractivity contribution is 9.09. The molecule has 15 heavy (non-hydrogen) atoms. The van der Waals surface area contributed by atoms with Crippen molar-refractivity contribution in [1.82, 2.24) is 4.31 Å². The number of sulfonamides is 1. The average molecular weight is 298 g/mol. The Bertz CT molecular complexity index is 284. The second kappa shape index (κ2) is 5.64. The van der Waals surface area contributed by atoms with Gasteiger partial charge in [-0.1, -0.05) is 42.1 Å². The Labute approximate surface area is 101 Å². The first kappa shape index (κ1) is 13.5. The van der Waals surface area contributed by atoms with Crippen LogP contribution in [-0.4, -0.2) is 36.4 Å². The molecule has 5 heteroatoms. The molecule has 1 fully saturated rings. The van der Waals surface area contributed by atoms with Crippen LogP contribution in [-0.2, 0) is 10.0 Å². The van der Waals surface area contributed by atoms with E-state index in [0.29, 0.717) is 6.54 Å². The predicted octanol–water partition coefficient (Wildman–Crippen LogP) is 2.36. The number of hydrogen-bond donors (Lipinski definition) is 0. The number of rotatable bonds is 4. The van der Waals surface area contributed by atoms with Crippen LogP contribution in [0, 0.1) is 0 Å². The van der Waals surface area contributed by atoms with E-state index in [9.17, 15) is 8.42 Å². The third-order valence-corrected chi connectivity index (χ3v) is 5.54. The normalized spacial score (nSPS) is 21.9. The number of alkyl halides is 1. The van der Waals surface area contributed by atoms with Gasteiger partial charge in [-0.2, -0.15) is 0 Å². The number of hydrogen-bond acceptors (Lipinski definition) is 2. The number of halogens is 1. The summed E-state index contributed by atoms with van der Waals surface area (Å²) in [6.45, 7) is 2.52. The van der Waals surface area contributed by atoms with Crippen molar-refractivity contribution in [2.24, 2.45) is 0 Å². The maximum Gasteiger partial charge on any atom is 0.216 e. The van der Waals surface area contributed by atoms with Gasteiger partial charge in [0, 0.05) is 18.4 Å². The lowest BCUT2D eigenvalue weighted by Crippen LogP contribution is -2.39. The van der Waals surface area contributed by atoms with E-state index in [1.807, 2.05) is 6.92 Å². The molecule has 0 aromatic rings. The van der Waals surface area contributed by atoms with Gasteiger partial charge in [-0.15, -0.1) is 0 Å². The molecule has 0 N–H and O–H groups in total. The van der Waals surface area contributed by atoms with Crippen LogP contribution < -0.4 is 0 Å². The molecule has 0 aromatic heterocycles. The summed E-state index contributed by atoms with van der Waals surface area (Å²) in [6, 6.07) is 0. The number of nitrogens with zero attached hydrogens (tertiary/aromatic N) is 1. The van der Waals surface area contributed by atoms with Gasteiger partial charge in [-0.05, 0) is 12.8 Å². The van der Waals surface area contributed by atoms with Crippen LogP contribution in [0.15, 0.2) is 0 Å². The van der Waals surface area contributed by atoms with E-state index in [0.717, 1.165) is 25.7 Å². The van der Waals surface area contributed by atoms with E-state index in [1.165, 1.54) is 10.7 Å². The summed E-state index contributed by atoms with van der Waals surface area (Å²) in [7, 11) is -1.37. The third kappa shape index (κ3) is 3.71. The summed E-state index contributed by atoms with van der Waals surface area (Å²) >= 11 is 3.39. The fraction of sp³-hybridized carbons (Fsp3) is 1.00. The third-order valence-electron chi connectivity index (χ3n) is 2.92. The molecule has 0 bridgehead atoms. The van der Waals surface area contributed by atoms with Crippen molar-refractivity contribution in [3.05, 3.63) is 0 Å². The van der Waals surface area contributed by atoms with Crippen LogP contribution in [0.1, 0.15) is 39.0 Å². The lowest BCUT2D eigenvalue weighted by Gasteiger charge is -2.27. The van der Waals surface area contributed by atoms with Crippen LogP contribution in [0.2, 0.25) is 0 Å². The molecule has 1 rings (SSSR count). The van der Waals surface area contributed by atoms with Gasteiger partial charge in [0.05, 0.1) is 5.25 Å². The van der Waals surface area contributed by atoms with Crippen molar-refractivity contribution in [2.75, 3.05) is 13.6 Å². The van der Waals surface area contributed by atoms with E-state index in [2.05, 4.69) is 15.9 Å². The molecule has 1 aliphatic carbocycles. The van der Waals surface area contributed by atoms with Crippen LogP contribution in [0.25, 0.3) is 0 Å². The van der Waals surface area contributed by atoms with Gasteiger partial charge >= 0.3 is 0 Å². The van der Waals surface area contributed by atoms with E-state index in [1.54, 1.807) is 7.05 Å². The fourth-order valence-electron chi connectivity index (χ4n) is 2.08. The molecule has 0 heterocycles. The Balaban J connectivity index is 2.63. The summed E-state index contributed by atoms with van der Waals surface area (Å²) in [6.07, 6.45) is 4.97. The van der Waals surface area contributed by atoms with E-state index < -0.39 is 10.0 Å². The highest BCUT2D eigenvalue weighted by atomic mass is 79.9. The molecule has 0 radical (unpaired) electrons. The minimum Gasteiger partial charge on any atom is -0.212 e. The standard InChI is InChI=1S/C10H20BrNO2S/c1-9(11)8-12(2)15(13,14)10-6-4-3-5-7-10/h9-10H,3-8H2,1-2H3. The average Bonchev–Trinajstić information content (AvgIpc) is 2.18. The highest BCUT2D eigenvalue weighted by Gasteiger charge is 2.30. The molecule has 90 valence electrons.